The van der Waals surface area contributed by atoms with Crippen molar-refractivity contribution in [1.82, 2.24) is 9.29 Å². The zero-order valence-corrected chi connectivity index (χ0v) is 15.8. The van der Waals surface area contributed by atoms with Crippen LogP contribution in [0.5, 0.6) is 0 Å². The molecule has 0 saturated carbocycles. The molecule has 1 aromatic heterocycles. The van der Waals surface area contributed by atoms with Crippen LogP contribution in [0.25, 0.3) is 21.8 Å². The van der Waals surface area contributed by atoms with Crippen molar-refractivity contribution in [2.24, 2.45) is 0 Å². The Morgan fingerprint density at radius 2 is 1.69 bits per heavy atom. The van der Waals surface area contributed by atoms with Gasteiger partial charge in [-0.1, -0.05) is 24.3 Å². The van der Waals surface area contributed by atoms with Crippen molar-refractivity contribution < 1.29 is 8.42 Å². The lowest BCUT2D eigenvalue weighted by Gasteiger charge is -2.15. The van der Waals surface area contributed by atoms with Crippen LogP contribution in [-0.4, -0.2) is 30.8 Å². The first-order chi connectivity index (χ1) is 12.6. The van der Waals surface area contributed by atoms with E-state index in [2.05, 4.69) is 4.98 Å². The Morgan fingerprint density at radius 1 is 1.00 bits per heavy atom. The van der Waals surface area contributed by atoms with Crippen LogP contribution >= 0.6 is 11.3 Å². The Balaban J connectivity index is 1.61. The van der Waals surface area contributed by atoms with Crippen molar-refractivity contribution in [2.45, 2.75) is 17.7 Å². The van der Waals surface area contributed by atoms with Crippen LogP contribution in [0.2, 0.25) is 0 Å². The van der Waals surface area contributed by atoms with Crippen LogP contribution in [0.3, 0.4) is 0 Å². The Morgan fingerprint density at radius 3 is 2.38 bits per heavy atom. The molecule has 0 spiro atoms. The third kappa shape index (κ3) is 3.13. The molecule has 0 bridgehead atoms. The van der Waals surface area contributed by atoms with Crippen molar-refractivity contribution in [2.75, 3.05) is 18.8 Å². The van der Waals surface area contributed by atoms with Gasteiger partial charge in [-0.15, -0.1) is 11.3 Å². The van der Waals surface area contributed by atoms with Gasteiger partial charge in [0.1, 0.15) is 5.01 Å². The molecule has 3 aromatic rings. The van der Waals surface area contributed by atoms with Gasteiger partial charge in [0.25, 0.3) is 0 Å². The summed E-state index contributed by atoms with van der Waals surface area (Å²) in [6, 6.07) is 14.6. The number of nitrogens with two attached hydrogens (primary N) is 1. The number of thiazole rings is 1. The van der Waals surface area contributed by atoms with Crippen molar-refractivity contribution in [3.05, 3.63) is 53.9 Å². The van der Waals surface area contributed by atoms with E-state index < -0.39 is 10.0 Å². The van der Waals surface area contributed by atoms with E-state index in [9.17, 15) is 8.42 Å². The number of anilines is 1. The molecule has 1 aliphatic heterocycles. The van der Waals surface area contributed by atoms with Gasteiger partial charge >= 0.3 is 0 Å². The minimum absolute atomic E-state index is 0.339. The number of aromatic nitrogens is 1. The summed E-state index contributed by atoms with van der Waals surface area (Å²) in [5.74, 6) is 0. The molecular formula is C19H19N3O2S2. The molecule has 0 unspecified atom stereocenters. The SMILES string of the molecule is Nc1ccccc1-c1nc(-c2ccc(S(=O)(=O)N3CCCC3)cc2)cs1. The number of nitrogens with zero attached hydrogens (tertiary/aromatic N) is 2. The summed E-state index contributed by atoms with van der Waals surface area (Å²) in [6.07, 6.45) is 1.86. The highest BCUT2D eigenvalue weighted by Crippen LogP contribution is 2.32. The summed E-state index contributed by atoms with van der Waals surface area (Å²) in [5.41, 5.74) is 9.34. The predicted molar refractivity (Wildman–Crippen MR) is 105 cm³/mol. The Labute approximate surface area is 157 Å². The molecule has 1 aliphatic rings. The highest BCUT2D eigenvalue weighted by molar-refractivity contribution is 7.89. The average Bonchev–Trinajstić information content (AvgIpc) is 3.35. The molecule has 26 heavy (non-hydrogen) atoms. The summed E-state index contributed by atoms with van der Waals surface area (Å²) in [6.45, 7) is 1.22. The van der Waals surface area contributed by atoms with Crippen molar-refractivity contribution >= 4 is 27.0 Å². The number of sulfonamides is 1. The highest BCUT2D eigenvalue weighted by atomic mass is 32.2. The summed E-state index contributed by atoms with van der Waals surface area (Å²) >= 11 is 1.52. The fraction of sp³-hybridized carbons (Fsp3) is 0.211. The largest absolute Gasteiger partial charge is 0.398 e. The molecule has 2 aromatic carbocycles. The number of hydrogen-bond donors (Lipinski definition) is 1. The van der Waals surface area contributed by atoms with E-state index >= 15 is 0 Å². The van der Waals surface area contributed by atoms with E-state index in [1.54, 1.807) is 16.4 Å². The van der Waals surface area contributed by atoms with E-state index in [1.165, 1.54) is 11.3 Å². The predicted octanol–water partition coefficient (Wildman–Crippen LogP) is 3.84. The summed E-state index contributed by atoms with van der Waals surface area (Å²) in [4.78, 5) is 5.00. The lowest BCUT2D eigenvalue weighted by molar-refractivity contribution is 0.477. The van der Waals surface area contributed by atoms with Gasteiger partial charge in [-0.2, -0.15) is 4.31 Å². The van der Waals surface area contributed by atoms with Crippen LogP contribution in [0.1, 0.15) is 12.8 Å². The van der Waals surface area contributed by atoms with Gasteiger partial charge in [-0.25, -0.2) is 13.4 Å². The normalized spacial score (nSPS) is 15.4. The second-order valence-electron chi connectivity index (χ2n) is 6.26. The van der Waals surface area contributed by atoms with E-state index in [4.69, 9.17) is 5.73 Å². The lowest BCUT2D eigenvalue weighted by Crippen LogP contribution is -2.27. The Bertz CT molecular complexity index is 1020. The third-order valence-corrected chi connectivity index (χ3v) is 7.34. The molecule has 4 rings (SSSR count). The first-order valence-electron chi connectivity index (χ1n) is 8.47. The molecule has 0 aliphatic carbocycles. The van der Waals surface area contributed by atoms with Crippen LogP contribution in [0, 0.1) is 0 Å². The maximum Gasteiger partial charge on any atom is 0.243 e. The molecule has 0 radical (unpaired) electrons. The molecule has 5 nitrogen and oxygen atoms in total. The van der Waals surface area contributed by atoms with Crippen LogP contribution in [-0.2, 0) is 10.0 Å². The standard InChI is InChI=1S/C19H19N3O2S2/c20-17-6-2-1-5-16(17)19-21-18(13-25-19)14-7-9-15(10-8-14)26(23,24)22-11-3-4-12-22/h1-2,5-10,13H,3-4,11-12,20H2. The second kappa shape index (κ2) is 6.83. The number of rotatable bonds is 4. The van der Waals surface area contributed by atoms with Gasteiger partial charge in [0.15, 0.2) is 0 Å². The zero-order valence-electron chi connectivity index (χ0n) is 14.1. The topological polar surface area (TPSA) is 76.3 Å². The molecule has 0 atom stereocenters. The third-order valence-electron chi connectivity index (χ3n) is 4.55. The summed E-state index contributed by atoms with van der Waals surface area (Å²) < 4.78 is 26.8. The average molecular weight is 386 g/mol. The molecule has 1 saturated heterocycles. The molecule has 0 amide bonds. The van der Waals surface area contributed by atoms with Crippen LogP contribution in [0.4, 0.5) is 5.69 Å². The lowest BCUT2D eigenvalue weighted by atomic mass is 10.1. The first kappa shape index (κ1) is 17.2. The summed E-state index contributed by atoms with van der Waals surface area (Å²) in [7, 11) is -3.38. The van der Waals surface area contributed by atoms with Gasteiger partial charge in [-0.3, -0.25) is 0 Å². The van der Waals surface area contributed by atoms with Gasteiger partial charge in [-0.05, 0) is 37.1 Å². The van der Waals surface area contributed by atoms with Gasteiger partial charge in [0, 0.05) is 35.3 Å². The smallest absolute Gasteiger partial charge is 0.243 e. The van der Waals surface area contributed by atoms with Crippen molar-refractivity contribution in [3.63, 3.8) is 0 Å². The van der Waals surface area contributed by atoms with E-state index in [0.717, 1.165) is 34.7 Å². The fourth-order valence-electron chi connectivity index (χ4n) is 3.10. The highest BCUT2D eigenvalue weighted by Gasteiger charge is 2.27. The van der Waals surface area contributed by atoms with E-state index in [0.29, 0.717) is 23.7 Å². The maximum atomic E-state index is 12.6. The van der Waals surface area contributed by atoms with Crippen LogP contribution < -0.4 is 5.73 Å². The summed E-state index contributed by atoms with van der Waals surface area (Å²) in [5, 5.41) is 2.82. The maximum absolute atomic E-state index is 12.6. The molecule has 134 valence electrons. The fourth-order valence-corrected chi connectivity index (χ4v) is 5.49. The van der Waals surface area contributed by atoms with Crippen molar-refractivity contribution in [3.8, 4) is 21.8 Å². The number of hydrogen-bond acceptors (Lipinski definition) is 5. The monoisotopic (exact) mass is 385 g/mol. The quantitative estimate of drug-likeness (QED) is 0.692. The zero-order chi connectivity index (χ0) is 18.1. The second-order valence-corrected chi connectivity index (χ2v) is 9.06. The van der Waals surface area contributed by atoms with Crippen LogP contribution in [0.15, 0.2) is 58.8 Å². The van der Waals surface area contributed by atoms with Gasteiger partial charge < -0.3 is 5.73 Å². The minimum Gasteiger partial charge on any atom is -0.398 e. The van der Waals surface area contributed by atoms with E-state index in [-0.39, 0.29) is 0 Å². The Hall–Kier alpha value is -2.22. The molecule has 1 fully saturated rings. The van der Waals surface area contributed by atoms with Gasteiger partial charge in [0.2, 0.25) is 10.0 Å². The number of para-hydroxylation sites is 1. The Kier molecular flexibility index (Phi) is 4.52. The van der Waals surface area contributed by atoms with Gasteiger partial charge in [0.05, 0.1) is 10.6 Å². The van der Waals surface area contributed by atoms with Crippen molar-refractivity contribution in [1.29, 1.82) is 0 Å². The molecule has 2 heterocycles. The number of nitrogen functional groups attached to an aromatic ring is 1. The molecular weight excluding hydrogens is 366 g/mol. The molecule has 7 heteroatoms. The number of benzene rings is 2. The minimum atomic E-state index is -3.38. The van der Waals surface area contributed by atoms with E-state index in [1.807, 2.05) is 41.8 Å². The first-order valence-corrected chi connectivity index (χ1v) is 10.8. The molecule has 2 N–H and O–H groups in total.